The quantitative estimate of drug-likeness (QED) is 0.793. The van der Waals surface area contributed by atoms with Gasteiger partial charge in [-0.3, -0.25) is 0 Å². The van der Waals surface area contributed by atoms with Gasteiger partial charge in [0.15, 0.2) is 0 Å². The summed E-state index contributed by atoms with van der Waals surface area (Å²) in [6.07, 6.45) is 0.682. The molecule has 1 heterocycles. The monoisotopic (exact) mass is 298 g/mol. The number of anilines is 1. The van der Waals surface area contributed by atoms with E-state index >= 15 is 0 Å². The summed E-state index contributed by atoms with van der Waals surface area (Å²) in [7, 11) is 1.67. The predicted octanol–water partition coefficient (Wildman–Crippen LogP) is 4.07. The van der Waals surface area contributed by atoms with Crippen molar-refractivity contribution in [3.05, 3.63) is 64.7 Å². The van der Waals surface area contributed by atoms with Crippen molar-refractivity contribution in [3.8, 4) is 5.75 Å². The number of para-hydroxylation sites is 1. The normalized spacial score (nSPS) is 10.8. The highest BCUT2D eigenvalue weighted by atomic mass is 35.5. The molecule has 0 saturated heterocycles. The Hall–Kier alpha value is -2.26. The number of benzene rings is 2. The summed E-state index contributed by atoms with van der Waals surface area (Å²) < 4.78 is 5.38. The summed E-state index contributed by atoms with van der Waals surface area (Å²) in [6.45, 7) is 0. The molecule has 2 N–H and O–H groups in total. The number of nitrogen functional groups attached to an aromatic ring is 1. The van der Waals surface area contributed by atoms with Crippen LogP contribution in [0.4, 0.5) is 5.82 Å². The number of nitrogens with zero attached hydrogens (tertiary/aromatic N) is 1. The Morgan fingerprint density at radius 2 is 1.90 bits per heavy atom. The van der Waals surface area contributed by atoms with Gasteiger partial charge in [0.05, 0.1) is 12.6 Å². The summed E-state index contributed by atoms with van der Waals surface area (Å²) >= 11 is 5.98. The SMILES string of the molecule is COc1ccccc1Cc1cc2ccc(Cl)cc2nc1N. The van der Waals surface area contributed by atoms with Crippen molar-refractivity contribution in [1.82, 2.24) is 4.98 Å². The second-order valence-electron chi connectivity index (χ2n) is 4.86. The molecule has 0 radical (unpaired) electrons. The van der Waals surface area contributed by atoms with Crippen molar-refractivity contribution in [1.29, 1.82) is 0 Å². The first-order chi connectivity index (χ1) is 10.2. The fourth-order valence-corrected chi connectivity index (χ4v) is 2.56. The molecule has 0 atom stereocenters. The van der Waals surface area contributed by atoms with Crippen LogP contribution < -0.4 is 10.5 Å². The van der Waals surface area contributed by atoms with Gasteiger partial charge >= 0.3 is 0 Å². The van der Waals surface area contributed by atoms with Crippen LogP contribution in [0.3, 0.4) is 0 Å². The maximum absolute atomic E-state index is 6.08. The molecule has 106 valence electrons. The molecular formula is C17H15ClN2O. The highest BCUT2D eigenvalue weighted by molar-refractivity contribution is 6.31. The van der Waals surface area contributed by atoms with E-state index in [0.29, 0.717) is 17.3 Å². The van der Waals surface area contributed by atoms with Gasteiger partial charge in [0, 0.05) is 16.8 Å². The molecule has 3 rings (SSSR count). The topological polar surface area (TPSA) is 48.1 Å². The van der Waals surface area contributed by atoms with Gasteiger partial charge in [0.25, 0.3) is 0 Å². The third kappa shape index (κ3) is 2.78. The molecule has 2 aromatic carbocycles. The first-order valence-corrected chi connectivity index (χ1v) is 7.02. The number of rotatable bonds is 3. The van der Waals surface area contributed by atoms with Crippen LogP contribution in [0.25, 0.3) is 10.9 Å². The van der Waals surface area contributed by atoms with E-state index in [-0.39, 0.29) is 0 Å². The van der Waals surface area contributed by atoms with Gasteiger partial charge in [-0.1, -0.05) is 35.9 Å². The van der Waals surface area contributed by atoms with Crippen molar-refractivity contribution in [2.45, 2.75) is 6.42 Å². The van der Waals surface area contributed by atoms with E-state index in [1.807, 2.05) is 42.5 Å². The van der Waals surface area contributed by atoms with Crippen LogP contribution in [0.2, 0.25) is 5.02 Å². The lowest BCUT2D eigenvalue weighted by molar-refractivity contribution is 0.410. The predicted molar refractivity (Wildman–Crippen MR) is 87.0 cm³/mol. The molecule has 0 saturated carbocycles. The number of hydrogen-bond acceptors (Lipinski definition) is 3. The fraction of sp³-hybridized carbons (Fsp3) is 0.118. The van der Waals surface area contributed by atoms with Crippen LogP contribution >= 0.6 is 11.6 Å². The second-order valence-corrected chi connectivity index (χ2v) is 5.29. The lowest BCUT2D eigenvalue weighted by atomic mass is 10.0. The zero-order valence-corrected chi connectivity index (χ0v) is 12.4. The number of hydrogen-bond donors (Lipinski definition) is 1. The summed E-state index contributed by atoms with van der Waals surface area (Å²) in [5.74, 6) is 1.38. The molecule has 4 heteroatoms. The molecule has 0 aliphatic rings. The fourth-order valence-electron chi connectivity index (χ4n) is 2.39. The Balaban J connectivity index is 2.04. The average Bonchev–Trinajstić information content (AvgIpc) is 2.49. The third-order valence-electron chi connectivity index (χ3n) is 3.47. The van der Waals surface area contributed by atoms with Crippen LogP contribution in [0.5, 0.6) is 5.75 Å². The van der Waals surface area contributed by atoms with E-state index in [1.54, 1.807) is 7.11 Å². The Labute approximate surface area is 128 Å². The molecular weight excluding hydrogens is 284 g/mol. The van der Waals surface area contributed by atoms with Crippen molar-refractivity contribution in [3.63, 3.8) is 0 Å². The van der Waals surface area contributed by atoms with E-state index in [0.717, 1.165) is 27.8 Å². The number of methoxy groups -OCH3 is 1. The molecule has 0 aliphatic carbocycles. The number of ether oxygens (including phenoxy) is 1. The second kappa shape index (κ2) is 5.62. The number of nitrogens with two attached hydrogens (primary N) is 1. The molecule has 3 nitrogen and oxygen atoms in total. The highest BCUT2D eigenvalue weighted by Crippen LogP contribution is 2.26. The van der Waals surface area contributed by atoms with Crippen LogP contribution in [0.15, 0.2) is 48.5 Å². The zero-order chi connectivity index (χ0) is 14.8. The average molecular weight is 299 g/mol. The van der Waals surface area contributed by atoms with Gasteiger partial charge in [0.2, 0.25) is 0 Å². The summed E-state index contributed by atoms with van der Waals surface area (Å²) in [5, 5.41) is 1.69. The molecule has 0 fully saturated rings. The van der Waals surface area contributed by atoms with Crippen molar-refractivity contribution < 1.29 is 4.74 Å². The largest absolute Gasteiger partial charge is 0.496 e. The first kappa shape index (κ1) is 13.7. The summed E-state index contributed by atoms with van der Waals surface area (Å²) in [4.78, 5) is 4.44. The molecule has 0 spiro atoms. The highest BCUT2D eigenvalue weighted by Gasteiger charge is 2.08. The number of pyridine rings is 1. The molecule has 21 heavy (non-hydrogen) atoms. The molecule has 0 amide bonds. The first-order valence-electron chi connectivity index (χ1n) is 6.64. The smallest absolute Gasteiger partial charge is 0.127 e. The Morgan fingerprint density at radius 3 is 2.71 bits per heavy atom. The molecule has 0 bridgehead atoms. The van der Waals surface area contributed by atoms with Crippen LogP contribution in [-0.2, 0) is 6.42 Å². The van der Waals surface area contributed by atoms with E-state index in [2.05, 4.69) is 11.1 Å². The van der Waals surface area contributed by atoms with Crippen molar-refractivity contribution >= 4 is 28.3 Å². The lowest BCUT2D eigenvalue weighted by Gasteiger charge is -2.10. The molecule has 3 aromatic rings. The zero-order valence-electron chi connectivity index (χ0n) is 11.6. The minimum atomic E-state index is 0.524. The number of fused-ring (bicyclic) bond motifs is 1. The van der Waals surface area contributed by atoms with Crippen LogP contribution in [0, 0.1) is 0 Å². The van der Waals surface area contributed by atoms with Gasteiger partial charge in [0.1, 0.15) is 11.6 Å². The molecule has 0 unspecified atom stereocenters. The lowest BCUT2D eigenvalue weighted by Crippen LogP contribution is -2.01. The van der Waals surface area contributed by atoms with Gasteiger partial charge < -0.3 is 10.5 Å². The number of aromatic nitrogens is 1. The Morgan fingerprint density at radius 1 is 1.10 bits per heavy atom. The van der Waals surface area contributed by atoms with E-state index in [1.165, 1.54) is 0 Å². The minimum absolute atomic E-state index is 0.524. The van der Waals surface area contributed by atoms with Crippen molar-refractivity contribution in [2.75, 3.05) is 12.8 Å². The van der Waals surface area contributed by atoms with Crippen LogP contribution in [-0.4, -0.2) is 12.1 Å². The number of halogens is 1. The summed E-state index contributed by atoms with van der Waals surface area (Å²) in [6, 6.07) is 15.6. The van der Waals surface area contributed by atoms with Gasteiger partial charge in [-0.2, -0.15) is 0 Å². The van der Waals surface area contributed by atoms with Crippen molar-refractivity contribution in [2.24, 2.45) is 0 Å². The van der Waals surface area contributed by atoms with Gasteiger partial charge in [-0.15, -0.1) is 0 Å². The standard InChI is InChI=1S/C17H15ClN2O/c1-21-16-5-3-2-4-12(16)9-13-8-11-6-7-14(18)10-15(11)20-17(13)19/h2-8,10H,9H2,1H3,(H2,19,20). The third-order valence-corrected chi connectivity index (χ3v) is 3.70. The van der Waals surface area contributed by atoms with E-state index in [4.69, 9.17) is 22.1 Å². The van der Waals surface area contributed by atoms with Gasteiger partial charge in [-0.25, -0.2) is 4.98 Å². The molecule has 0 aliphatic heterocycles. The molecule has 1 aromatic heterocycles. The van der Waals surface area contributed by atoms with E-state index in [9.17, 15) is 0 Å². The Bertz CT molecular complexity index is 802. The van der Waals surface area contributed by atoms with Gasteiger partial charge in [-0.05, 0) is 35.4 Å². The Kier molecular flexibility index (Phi) is 3.67. The summed E-state index contributed by atoms with van der Waals surface area (Å²) in [5.41, 5.74) is 8.96. The maximum atomic E-state index is 6.08. The van der Waals surface area contributed by atoms with Crippen LogP contribution in [0.1, 0.15) is 11.1 Å². The maximum Gasteiger partial charge on any atom is 0.127 e. The minimum Gasteiger partial charge on any atom is -0.496 e. The van der Waals surface area contributed by atoms with E-state index < -0.39 is 0 Å².